The van der Waals surface area contributed by atoms with Gasteiger partial charge in [0.2, 0.25) is 11.8 Å². The summed E-state index contributed by atoms with van der Waals surface area (Å²) in [5.74, 6) is -0.0167. The van der Waals surface area contributed by atoms with Crippen LogP contribution in [0.2, 0.25) is 0 Å². The van der Waals surface area contributed by atoms with E-state index in [-0.39, 0.29) is 24.8 Å². The van der Waals surface area contributed by atoms with Crippen LogP contribution in [-0.2, 0) is 16.1 Å². The SMILES string of the molecule is Cc1ccc(NC(=O)CC(=O)N(C)Cc2cc(C)no2)c(C)c1. The molecule has 0 bridgehead atoms. The molecule has 2 rings (SSSR count). The van der Waals surface area contributed by atoms with Gasteiger partial charge in [-0.2, -0.15) is 0 Å². The van der Waals surface area contributed by atoms with Gasteiger partial charge in [0, 0.05) is 18.8 Å². The van der Waals surface area contributed by atoms with Crippen LogP contribution in [0.25, 0.3) is 0 Å². The maximum absolute atomic E-state index is 12.1. The highest BCUT2D eigenvalue weighted by Gasteiger charge is 2.16. The largest absolute Gasteiger partial charge is 0.359 e. The number of hydrogen-bond acceptors (Lipinski definition) is 4. The van der Waals surface area contributed by atoms with Crippen molar-refractivity contribution in [2.75, 3.05) is 12.4 Å². The van der Waals surface area contributed by atoms with Crippen molar-refractivity contribution >= 4 is 17.5 Å². The van der Waals surface area contributed by atoms with Crippen molar-refractivity contribution in [3.05, 3.63) is 46.8 Å². The number of aromatic nitrogens is 1. The average molecular weight is 315 g/mol. The second kappa shape index (κ2) is 7.09. The number of hydrogen-bond donors (Lipinski definition) is 1. The summed E-state index contributed by atoms with van der Waals surface area (Å²) in [6, 6.07) is 7.51. The zero-order valence-corrected chi connectivity index (χ0v) is 13.8. The first-order chi connectivity index (χ1) is 10.8. The van der Waals surface area contributed by atoms with Gasteiger partial charge in [-0.05, 0) is 32.4 Å². The molecule has 0 aliphatic rings. The van der Waals surface area contributed by atoms with Gasteiger partial charge in [-0.1, -0.05) is 22.9 Å². The summed E-state index contributed by atoms with van der Waals surface area (Å²) in [6.07, 6.45) is -0.211. The molecule has 0 radical (unpaired) electrons. The molecule has 1 N–H and O–H groups in total. The van der Waals surface area contributed by atoms with E-state index in [1.807, 2.05) is 39.0 Å². The van der Waals surface area contributed by atoms with Crippen molar-refractivity contribution in [1.29, 1.82) is 0 Å². The van der Waals surface area contributed by atoms with Gasteiger partial charge in [0.1, 0.15) is 6.42 Å². The second-order valence-corrected chi connectivity index (χ2v) is 5.73. The number of carbonyl (C=O) groups excluding carboxylic acids is 2. The Morgan fingerprint density at radius 1 is 1.22 bits per heavy atom. The van der Waals surface area contributed by atoms with Crippen molar-refractivity contribution in [2.45, 2.75) is 33.7 Å². The van der Waals surface area contributed by atoms with Crippen LogP contribution in [0.15, 0.2) is 28.8 Å². The van der Waals surface area contributed by atoms with Crippen LogP contribution in [0, 0.1) is 20.8 Å². The molecule has 6 nitrogen and oxygen atoms in total. The molecular weight excluding hydrogens is 294 g/mol. The molecule has 1 aromatic carbocycles. The first-order valence-electron chi connectivity index (χ1n) is 7.38. The minimum absolute atomic E-state index is 0.211. The highest BCUT2D eigenvalue weighted by Crippen LogP contribution is 2.16. The molecule has 2 amide bonds. The summed E-state index contributed by atoms with van der Waals surface area (Å²) < 4.78 is 5.07. The molecule has 0 aliphatic heterocycles. The predicted molar refractivity (Wildman–Crippen MR) is 86.9 cm³/mol. The Kier molecular flexibility index (Phi) is 5.16. The quantitative estimate of drug-likeness (QED) is 0.861. The Labute approximate surface area is 135 Å². The van der Waals surface area contributed by atoms with Crippen LogP contribution in [0.1, 0.15) is 29.0 Å². The standard InChI is InChI=1S/C17H21N3O3/c1-11-5-6-15(12(2)7-11)18-16(21)9-17(22)20(4)10-14-8-13(3)19-23-14/h5-8H,9-10H2,1-4H3,(H,18,21). The lowest BCUT2D eigenvalue weighted by Crippen LogP contribution is -2.30. The number of nitrogens with zero attached hydrogens (tertiary/aromatic N) is 2. The lowest BCUT2D eigenvalue weighted by atomic mass is 10.1. The molecule has 6 heteroatoms. The van der Waals surface area contributed by atoms with E-state index in [1.54, 1.807) is 13.1 Å². The molecule has 0 saturated carbocycles. The Bertz CT molecular complexity index is 722. The van der Waals surface area contributed by atoms with Crippen LogP contribution < -0.4 is 5.32 Å². The van der Waals surface area contributed by atoms with E-state index in [1.165, 1.54) is 4.90 Å². The van der Waals surface area contributed by atoms with E-state index in [0.717, 1.165) is 22.5 Å². The molecule has 122 valence electrons. The van der Waals surface area contributed by atoms with Crippen molar-refractivity contribution in [1.82, 2.24) is 10.1 Å². The molecule has 0 saturated heterocycles. The first-order valence-corrected chi connectivity index (χ1v) is 7.38. The Morgan fingerprint density at radius 3 is 2.57 bits per heavy atom. The second-order valence-electron chi connectivity index (χ2n) is 5.73. The van der Waals surface area contributed by atoms with Crippen molar-refractivity contribution in [3.63, 3.8) is 0 Å². The van der Waals surface area contributed by atoms with E-state index < -0.39 is 0 Å². The lowest BCUT2D eigenvalue weighted by molar-refractivity contribution is -0.134. The summed E-state index contributed by atoms with van der Waals surface area (Å²) in [4.78, 5) is 25.6. The molecule has 1 aromatic heterocycles. The van der Waals surface area contributed by atoms with Crippen LogP contribution in [0.5, 0.6) is 0 Å². The minimum Gasteiger partial charge on any atom is -0.359 e. The molecule has 0 unspecified atom stereocenters. The highest BCUT2D eigenvalue weighted by atomic mass is 16.5. The summed E-state index contributed by atoms with van der Waals surface area (Å²) in [7, 11) is 1.63. The van der Waals surface area contributed by atoms with Crippen molar-refractivity contribution < 1.29 is 14.1 Å². The molecule has 0 aliphatic carbocycles. The molecule has 0 spiro atoms. The van der Waals surface area contributed by atoms with E-state index >= 15 is 0 Å². The fraction of sp³-hybridized carbons (Fsp3) is 0.353. The van der Waals surface area contributed by atoms with Gasteiger partial charge in [0.15, 0.2) is 5.76 Å². The van der Waals surface area contributed by atoms with E-state index in [4.69, 9.17) is 4.52 Å². The van der Waals surface area contributed by atoms with Crippen molar-refractivity contribution in [2.24, 2.45) is 0 Å². The fourth-order valence-electron chi connectivity index (χ4n) is 2.23. The van der Waals surface area contributed by atoms with Crippen molar-refractivity contribution in [3.8, 4) is 0 Å². The van der Waals surface area contributed by atoms with E-state index in [0.29, 0.717) is 5.76 Å². The zero-order chi connectivity index (χ0) is 17.0. The summed E-state index contributed by atoms with van der Waals surface area (Å²) >= 11 is 0. The molecule has 0 fully saturated rings. The topological polar surface area (TPSA) is 75.4 Å². The Balaban J connectivity index is 1.90. The third-order valence-electron chi connectivity index (χ3n) is 3.46. The molecule has 0 atom stereocenters. The molecule has 1 heterocycles. The number of carbonyl (C=O) groups is 2. The predicted octanol–water partition coefficient (Wildman–Crippen LogP) is 2.59. The van der Waals surface area contributed by atoms with Gasteiger partial charge in [-0.25, -0.2) is 0 Å². The number of benzene rings is 1. The first kappa shape index (κ1) is 16.7. The number of amides is 2. The van der Waals surface area contributed by atoms with E-state index in [9.17, 15) is 9.59 Å². The summed E-state index contributed by atoms with van der Waals surface area (Å²) in [5, 5.41) is 6.54. The average Bonchev–Trinajstić information content (AvgIpc) is 2.87. The normalized spacial score (nSPS) is 10.4. The number of rotatable bonds is 5. The maximum atomic E-state index is 12.1. The number of aryl methyl sites for hydroxylation is 3. The van der Waals surface area contributed by atoms with E-state index in [2.05, 4.69) is 10.5 Å². The minimum atomic E-state index is -0.331. The molecule has 2 aromatic rings. The molecule has 23 heavy (non-hydrogen) atoms. The van der Waals surface area contributed by atoms with Gasteiger partial charge in [0.05, 0.1) is 12.2 Å². The van der Waals surface area contributed by atoms with Gasteiger partial charge >= 0.3 is 0 Å². The number of anilines is 1. The Morgan fingerprint density at radius 2 is 1.96 bits per heavy atom. The zero-order valence-electron chi connectivity index (χ0n) is 13.8. The van der Waals surface area contributed by atoms with Crippen LogP contribution in [0.4, 0.5) is 5.69 Å². The summed E-state index contributed by atoms with van der Waals surface area (Å²) in [6.45, 7) is 6.01. The van der Waals surface area contributed by atoms with Crippen LogP contribution in [0.3, 0.4) is 0 Å². The third-order valence-corrected chi connectivity index (χ3v) is 3.46. The number of nitrogens with one attached hydrogen (secondary N) is 1. The van der Waals surface area contributed by atoms with Gasteiger partial charge < -0.3 is 14.7 Å². The fourth-order valence-corrected chi connectivity index (χ4v) is 2.23. The monoisotopic (exact) mass is 315 g/mol. The smallest absolute Gasteiger partial charge is 0.233 e. The highest BCUT2D eigenvalue weighted by molar-refractivity contribution is 6.03. The van der Waals surface area contributed by atoms with Gasteiger partial charge in [-0.3, -0.25) is 9.59 Å². The third kappa shape index (κ3) is 4.67. The van der Waals surface area contributed by atoms with Gasteiger partial charge in [0.25, 0.3) is 0 Å². The summed E-state index contributed by atoms with van der Waals surface area (Å²) in [5.41, 5.74) is 3.57. The van der Waals surface area contributed by atoms with Gasteiger partial charge in [-0.15, -0.1) is 0 Å². The molecular formula is C17H21N3O3. The Hall–Kier alpha value is -2.63. The van der Waals surface area contributed by atoms with Crippen LogP contribution in [-0.4, -0.2) is 28.9 Å². The van der Waals surface area contributed by atoms with Crippen LogP contribution >= 0.6 is 0 Å². The maximum Gasteiger partial charge on any atom is 0.233 e. The lowest BCUT2D eigenvalue weighted by Gasteiger charge is -2.15.